The minimum atomic E-state index is -0.274. The summed E-state index contributed by atoms with van der Waals surface area (Å²) in [5.74, 6) is 0.628. The van der Waals surface area contributed by atoms with Crippen LogP contribution < -0.4 is 10.2 Å². The average molecular weight is 365 g/mol. The van der Waals surface area contributed by atoms with Gasteiger partial charge in [0.1, 0.15) is 5.69 Å². The maximum absolute atomic E-state index is 12.6. The van der Waals surface area contributed by atoms with Crippen molar-refractivity contribution >= 4 is 17.3 Å². The van der Waals surface area contributed by atoms with E-state index in [1.165, 1.54) is 0 Å². The lowest BCUT2D eigenvalue weighted by atomic mass is 10.2. The van der Waals surface area contributed by atoms with Gasteiger partial charge >= 0.3 is 0 Å². The summed E-state index contributed by atoms with van der Waals surface area (Å²) in [5.41, 5.74) is 2.70. The molecule has 8 nitrogen and oxygen atoms in total. The maximum atomic E-state index is 12.6. The van der Waals surface area contributed by atoms with Crippen molar-refractivity contribution in [3.05, 3.63) is 54.2 Å². The number of carbonyl (C=O) groups excluding carboxylic acids is 1. The molecule has 2 aromatic heterocycles. The van der Waals surface area contributed by atoms with Gasteiger partial charge in [-0.05, 0) is 30.3 Å². The SMILES string of the molecule is Cc1nnc(-c2cccc(NC(=O)c3cc(N4CCOCC4)ccn3)c2)o1. The molecule has 3 heterocycles. The molecule has 0 aliphatic carbocycles. The lowest BCUT2D eigenvalue weighted by Crippen LogP contribution is -2.36. The first-order valence-corrected chi connectivity index (χ1v) is 8.70. The van der Waals surface area contributed by atoms with E-state index in [0.717, 1.165) is 24.3 Å². The number of ether oxygens (including phenoxy) is 1. The molecule has 8 heteroatoms. The summed E-state index contributed by atoms with van der Waals surface area (Å²) in [6.07, 6.45) is 1.65. The molecule has 0 spiro atoms. The second-order valence-electron chi connectivity index (χ2n) is 6.16. The third kappa shape index (κ3) is 3.95. The molecule has 0 radical (unpaired) electrons. The molecule has 1 aliphatic rings. The molecule has 3 aromatic rings. The third-order valence-corrected chi connectivity index (χ3v) is 4.25. The molecule has 0 atom stereocenters. The number of benzene rings is 1. The first-order chi connectivity index (χ1) is 13.2. The van der Waals surface area contributed by atoms with Crippen molar-refractivity contribution in [1.82, 2.24) is 15.2 Å². The van der Waals surface area contributed by atoms with Gasteiger partial charge in [0.15, 0.2) is 0 Å². The highest BCUT2D eigenvalue weighted by atomic mass is 16.5. The van der Waals surface area contributed by atoms with Crippen LogP contribution in [0.5, 0.6) is 0 Å². The van der Waals surface area contributed by atoms with Crippen molar-refractivity contribution in [3.63, 3.8) is 0 Å². The summed E-state index contributed by atoms with van der Waals surface area (Å²) in [4.78, 5) is 19.0. The number of anilines is 2. The molecule has 1 saturated heterocycles. The number of hydrogen-bond donors (Lipinski definition) is 1. The van der Waals surface area contributed by atoms with Gasteiger partial charge < -0.3 is 19.4 Å². The van der Waals surface area contributed by atoms with Crippen LogP contribution >= 0.6 is 0 Å². The maximum Gasteiger partial charge on any atom is 0.274 e. The Kier molecular flexibility index (Phi) is 4.80. The summed E-state index contributed by atoms with van der Waals surface area (Å²) in [7, 11) is 0. The van der Waals surface area contributed by atoms with Crippen LogP contribution in [0.2, 0.25) is 0 Å². The van der Waals surface area contributed by atoms with E-state index < -0.39 is 0 Å². The summed E-state index contributed by atoms with van der Waals surface area (Å²) >= 11 is 0. The molecule has 1 N–H and O–H groups in total. The van der Waals surface area contributed by atoms with Crippen LogP contribution in [0.15, 0.2) is 47.0 Å². The molecule has 1 fully saturated rings. The van der Waals surface area contributed by atoms with Gasteiger partial charge in [0.2, 0.25) is 11.8 Å². The number of hydrogen-bond acceptors (Lipinski definition) is 7. The minimum Gasteiger partial charge on any atom is -0.421 e. The zero-order valence-corrected chi connectivity index (χ0v) is 14.9. The van der Waals surface area contributed by atoms with Gasteiger partial charge in [0.05, 0.1) is 13.2 Å². The quantitative estimate of drug-likeness (QED) is 0.759. The van der Waals surface area contributed by atoms with Crippen LogP contribution in [-0.4, -0.2) is 47.4 Å². The highest BCUT2D eigenvalue weighted by molar-refractivity contribution is 6.03. The van der Waals surface area contributed by atoms with E-state index in [4.69, 9.17) is 9.15 Å². The van der Waals surface area contributed by atoms with Crippen molar-refractivity contribution < 1.29 is 13.9 Å². The van der Waals surface area contributed by atoms with E-state index >= 15 is 0 Å². The largest absolute Gasteiger partial charge is 0.421 e. The normalized spacial score (nSPS) is 14.2. The number of rotatable bonds is 4. The van der Waals surface area contributed by atoms with Crippen molar-refractivity contribution in [1.29, 1.82) is 0 Å². The smallest absolute Gasteiger partial charge is 0.274 e. The van der Waals surface area contributed by atoms with E-state index in [2.05, 4.69) is 25.4 Å². The summed E-state index contributed by atoms with van der Waals surface area (Å²) in [6, 6.07) is 11.0. The third-order valence-electron chi connectivity index (χ3n) is 4.25. The van der Waals surface area contributed by atoms with Crippen LogP contribution in [-0.2, 0) is 4.74 Å². The van der Waals surface area contributed by atoms with Gasteiger partial charge in [-0.25, -0.2) is 0 Å². The number of amides is 1. The molecule has 0 saturated carbocycles. The van der Waals surface area contributed by atoms with Crippen LogP contribution in [0, 0.1) is 6.92 Å². The Morgan fingerprint density at radius 2 is 2.00 bits per heavy atom. The van der Waals surface area contributed by atoms with Crippen LogP contribution in [0.3, 0.4) is 0 Å². The molecule has 27 heavy (non-hydrogen) atoms. The molecule has 0 unspecified atom stereocenters. The van der Waals surface area contributed by atoms with Gasteiger partial charge in [0.25, 0.3) is 5.91 Å². The predicted octanol–water partition coefficient (Wildman–Crippen LogP) is 2.53. The average Bonchev–Trinajstić information content (AvgIpc) is 3.15. The van der Waals surface area contributed by atoms with Crippen molar-refractivity contribution in [2.24, 2.45) is 0 Å². The van der Waals surface area contributed by atoms with Crippen molar-refractivity contribution in [2.45, 2.75) is 6.92 Å². The number of carbonyl (C=O) groups is 1. The summed E-state index contributed by atoms with van der Waals surface area (Å²) in [6.45, 7) is 4.71. The number of morpholine rings is 1. The van der Waals surface area contributed by atoms with E-state index in [1.807, 2.05) is 18.2 Å². The van der Waals surface area contributed by atoms with Gasteiger partial charge in [-0.2, -0.15) is 0 Å². The van der Waals surface area contributed by atoms with E-state index in [0.29, 0.717) is 36.4 Å². The lowest BCUT2D eigenvalue weighted by Gasteiger charge is -2.28. The Morgan fingerprint density at radius 1 is 1.15 bits per heavy atom. The zero-order chi connectivity index (χ0) is 18.6. The predicted molar refractivity (Wildman–Crippen MR) is 99.7 cm³/mol. The fraction of sp³-hybridized carbons (Fsp3) is 0.263. The number of nitrogens with zero attached hydrogens (tertiary/aromatic N) is 4. The Labute approximate surface area is 156 Å². The number of aromatic nitrogens is 3. The molecule has 0 bridgehead atoms. The fourth-order valence-corrected chi connectivity index (χ4v) is 2.90. The first kappa shape index (κ1) is 17.2. The van der Waals surface area contributed by atoms with Crippen LogP contribution in [0.1, 0.15) is 16.4 Å². The molecule has 1 amide bonds. The molecule has 138 valence electrons. The molecule has 4 rings (SSSR count). The van der Waals surface area contributed by atoms with Crippen LogP contribution in [0.25, 0.3) is 11.5 Å². The Hall–Kier alpha value is -3.26. The fourth-order valence-electron chi connectivity index (χ4n) is 2.90. The van der Waals surface area contributed by atoms with Crippen LogP contribution in [0.4, 0.5) is 11.4 Å². The highest BCUT2D eigenvalue weighted by Gasteiger charge is 2.15. The zero-order valence-electron chi connectivity index (χ0n) is 14.9. The number of pyridine rings is 1. The van der Waals surface area contributed by atoms with Gasteiger partial charge in [0, 0.05) is 43.1 Å². The molecule has 1 aromatic carbocycles. The van der Waals surface area contributed by atoms with Gasteiger partial charge in [-0.1, -0.05) is 6.07 Å². The summed E-state index contributed by atoms with van der Waals surface area (Å²) < 4.78 is 10.8. The topological polar surface area (TPSA) is 93.4 Å². The first-order valence-electron chi connectivity index (χ1n) is 8.70. The van der Waals surface area contributed by atoms with E-state index in [1.54, 1.807) is 31.3 Å². The lowest BCUT2D eigenvalue weighted by molar-refractivity contribution is 0.102. The van der Waals surface area contributed by atoms with Gasteiger partial charge in [-0.3, -0.25) is 9.78 Å². The number of aryl methyl sites for hydroxylation is 1. The highest BCUT2D eigenvalue weighted by Crippen LogP contribution is 2.22. The summed E-state index contributed by atoms with van der Waals surface area (Å²) in [5, 5.41) is 10.7. The van der Waals surface area contributed by atoms with E-state index in [9.17, 15) is 4.79 Å². The number of nitrogens with one attached hydrogen (secondary N) is 1. The second-order valence-corrected chi connectivity index (χ2v) is 6.16. The minimum absolute atomic E-state index is 0.274. The Morgan fingerprint density at radius 3 is 2.78 bits per heavy atom. The van der Waals surface area contributed by atoms with Crippen molar-refractivity contribution in [3.8, 4) is 11.5 Å². The molecular weight excluding hydrogens is 346 g/mol. The molecule has 1 aliphatic heterocycles. The monoisotopic (exact) mass is 365 g/mol. The Balaban J connectivity index is 1.51. The van der Waals surface area contributed by atoms with E-state index in [-0.39, 0.29) is 5.91 Å². The standard InChI is InChI=1S/C19H19N5O3/c1-13-22-23-19(27-13)14-3-2-4-15(11-14)21-18(25)17-12-16(5-6-20-17)24-7-9-26-10-8-24/h2-6,11-12H,7-10H2,1H3,(H,21,25). The van der Waals surface area contributed by atoms with Gasteiger partial charge in [-0.15, -0.1) is 10.2 Å². The Bertz CT molecular complexity index is 950. The second kappa shape index (κ2) is 7.55. The van der Waals surface area contributed by atoms with Crippen molar-refractivity contribution in [2.75, 3.05) is 36.5 Å². The molecular formula is C19H19N5O3.